The minimum atomic E-state index is -2.15. The van der Waals surface area contributed by atoms with Crippen LogP contribution in [0.25, 0.3) is 43.6 Å². The lowest BCUT2D eigenvalue weighted by molar-refractivity contribution is -0.164. The van der Waals surface area contributed by atoms with Crippen LogP contribution in [0.4, 0.5) is 0 Å². The average molecular weight is 675 g/mol. The van der Waals surface area contributed by atoms with Gasteiger partial charge in [0.25, 0.3) is 11.8 Å². The Morgan fingerprint density at radius 3 is 2.39 bits per heavy atom. The molecule has 3 aromatic carbocycles. The van der Waals surface area contributed by atoms with E-state index < -0.39 is 14.1 Å². The maximum absolute atomic E-state index is 13.6. The molecule has 2 N–H and O–H groups in total. The highest BCUT2D eigenvalue weighted by Crippen LogP contribution is 2.52. The van der Waals surface area contributed by atoms with Crippen LogP contribution < -0.4 is 5.32 Å². The largest absolute Gasteiger partial charge is 0.411 e. The summed E-state index contributed by atoms with van der Waals surface area (Å²) in [5.41, 5.74) is 4.45. The molecular weight excluding hydrogens is 638 g/mol. The van der Waals surface area contributed by atoms with Crippen LogP contribution in [0.1, 0.15) is 67.8 Å². The Labute approximate surface area is 264 Å². The lowest BCUT2D eigenvalue weighted by Gasteiger charge is -2.39. The smallest absolute Gasteiger partial charge is 0.259 e. The number of nitrogens with zero attached hydrogens (tertiary/aromatic N) is 1. The second kappa shape index (κ2) is 9.04. The fraction of sp³-hybridized carbons (Fsp3) is 0.412. The number of rotatable bonds is 3. The molecule has 0 unspecified atom stereocenters. The van der Waals surface area contributed by atoms with Crippen LogP contribution in [0, 0.1) is 0 Å². The number of ether oxygens (including phenoxy) is 2. The van der Waals surface area contributed by atoms with Gasteiger partial charge >= 0.3 is 0 Å². The molecule has 1 aliphatic carbocycles. The van der Waals surface area contributed by atoms with Crippen molar-refractivity contribution in [1.82, 2.24) is 14.9 Å². The van der Waals surface area contributed by atoms with Gasteiger partial charge in [0.1, 0.15) is 12.2 Å². The summed E-state index contributed by atoms with van der Waals surface area (Å²) in [6, 6.07) is 14.0. The van der Waals surface area contributed by atoms with Crippen LogP contribution in [-0.4, -0.2) is 53.8 Å². The molecular formula is C34H36BrN3O5Si. The van der Waals surface area contributed by atoms with Crippen molar-refractivity contribution in [2.75, 3.05) is 0 Å². The average Bonchev–Trinajstić information content (AvgIpc) is 3.69. The minimum absolute atomic E-state index is 0.0354. The second-order valence-electron chi connectivity index (χ2n) is 14.5. The van der Waals surface area contributed by atoms with Gasteiger partial charge in [0.2, 0.25) is 0 Å². The SMILES string of the molecule is CC1(C)O[C@@H]2[C@H](O1)[C@@H](O[Si](C)(C)C(C)(C)C)C[C@H]2n1c2ccccc2c2c3c(c4c5cc(Br)ccc5[nH]c4c21)C(=O)NC3=O. The van der Waals surface area contributed by atoms with E-state index in [1.165, 1.54) is 0 Å². The monoisotopic (exact) mass is 673 g/mol. The molecule has 3 aliphatic rings. The van der Waals surface area contributed by atoms with E-state index in [1.54, 1.807) is 0 Å². The third kappa shape index (κ3) is 3.84. The molecule has 0 radical (unpaired) electrons. The Balaban J connectivity index is 1.46. The summed E-state index contributed by atoms with van der Waals surface area (Å²) >= 11 is 3.61. The zero-order valence-electron chi connectivity index (χ0n) is 25.9. The first-order valence-electron chi connectivity index (χ1n) is 15.3. The number of carbonyl (C=O) groups is 2. The molecule has 1 saturated carbocycles. The highest BCUT2D eigenvalue weighted by Gasteiger charge is 2.57. The summed E-state index contributed by atoms with van der Waals surface area (Å²) in [6.45, 7) is 15.3. The Bertz CT molecular complexity index is 2090. The molecule has 0 spiro atoms. The van der Waals surface area contributed by atoms with Gasteiger partial charge in [0.05, 0.1) is 34.3 Å². The van der Waals surface area contributed by atoms with Crippen molar-refractivity contribution in [3.05, 3.63) is 58.1 Å². The summed E-state index contributed by atoms with van der Waals surface area (Å²) < 4.78 is 23.6. The van der Waals surface area contributed by atoms with Crippen LogP contribution in [0.3, 0.4) is 0 Å². The molecule has 2 amide bonds. The molecule has 5 aromatic rings. The zero-order valence-corrected chi connectivity index (χ0v) is 28.5. The van der Waals surface area contributed by atoms with Crippen LogP contribution in [-0.2, 0) is 13.9 Å². The molecule has 1 saturated heterocycles. The van der Waals surface area contributed by atoms with Crippen molar-refractivity contribution in [2.24, 2.45) is 0 Å². The summed E-state index contributed by atoms with van der Waals surface area (Å²) in [4.78, 5) is 30.7. The van der Waals surface area contributed by atoms with Gasteiger partial charge in [-0.1, -0.05) is 54.9 Å². The number of aromatic nitrogens is 2. The highest BCUT2D eigenvalue weighted by atomic mass is 79.9. The standard InChI is InChI=1S/C34H36BrN3O5Si/c1-33(2,3)44(6,7)43-22-15-21(29-30(22)42-34(4,5)41-29)38-20-11-9-8-10-17(20)24-26-25(31(39)37-32(26)40)23-18-14-16(35)12-13-19(18)36-27(23)28(24)38/h8-14,21-22,29-30,36H,15H2,1-7H3,(H,37,39,40)/t21-,22+,29+,30-/m1/s1. The van der Waals surface area contributed by atoms with Gasteiger partial charge in [0, 0.05) is 37.1 Å². The summed E-state index contributed by atoms with van der Waals surface area (Å²) in [5.74, 6) is -1.50. The summed E-state index contributed by atoms with van der Waals surface area (Å²) in [6.07, 6.45) is 0.0310. The van der Waals surface area contributed by atoms with Gasteiger partial charge < -0.3 is 23.5 Å². The van der Waals surface area contributed by atoms with E-state index >= 15 is 0 Å². The number of benzene rings is 3. The maximum atomic E-state index is 13.6. The van der Waals surface area contributed by atoms with Crippen LogP contribution in [0.15, 0.2) is 46.9 Å². The Kier molecular flexibility index (Phi) is 5.84. The molecule has 4 atom stereocenters. The number of para-hydroxylation sites is 1. The molecule has 10 heteroatoms. The van der Waals surface area contributed by atoms with Crippen molar-refractivity contribution < 1.29 is 23.5 Å². The number of aromatic amines is 1. The lowest BCUT2D eigenvalue weighted by Crippen LogP contribution is -2.46. The van der Waals surface area contributed by atoms with Crippen molar-refractivity contribution in [1.29, 1.82) is 0 Å². The van der Waals surface area contributed by atoms with E-state index in [4.69, 9.17) is 13.9 Å². The van der Waals surface area contributed by atoms with E-state index in [1.807, 2.05) is 50.2 Å². The number of carbonyl (C=O) groups excluding carboxylic acids is 2. The van der Waals surface area contributed by atoms with Crippen molar-refractivity contribution in [3.63, 3.8) is 0 Å². The zero-order chi connectivity index (χ0) is 31.1. The van der Waals surface area contributed by atoms with E-state index in [0.717, 1.165) is 48.1 Å². The van der Waals surface area contributed by atoms with E-state index in [9.17, 15) is 9.59 Å². The summed E-state index contributed by atoms with van der Waals surface area (Å²) in [7, 11) is -2.15. The van der Waals surface area contributed by atoms with E-state index in [2.05, 4.69) is 70.7 Å². The predicted molar refractivity (Wildman–Crippen MR) is 178 cm³/mol. The molecule has 8 rings (SSSR count). The molecule has 2 fully saturated rings. The molecule has 4 heterocycles. The molecule has 0 bridgehead atoms. The van der Waals surface area contributed by atoms with E-state index in [-0.39, 0.29) is 41.2 Å². The number of hydrogen-bond donors (Lipinski definition) is 2. The first-order valence-corrected chi connectivity index (χ1v) is 19.0. The number of halogens is 1. The topological polar surface area (TPSA) is 94.6 Å². The fourth-order valence-corrected chi connectivity index (χ4v) is 9.17. The molecule has 44 heavy (non-hydrogen) atoms. The Morgan fingerprint density at radius 1 is 0.977 bits per heavy atom. The quantitative estimate of drug-likeness (QED) is 0.150. The molecule has 2 aromatic heterocycles. The predicted octanol–water partition coefficient (Wildman–Crippen LogP) is 7.93. The number of imide groups is 1. The minimum Gasteiger partial charge on any atom is -0.411 e. The Morgan fingerprint density at radius 2 is 1.66 bits per heavy atom. The molecule has 8 nitrogen and oxygen atoms in total. The van der Waals surface area contributed by atoms with Crippen molar-refractivity contribution in [2.45, 2.75) is 89.3 Å². The third-order valence-electron chi connectivity index (χ3n) is 10.3. The number of fused-ring (bicyclic) bond motifs is 11. The molecule has 2 aliphatic heterocycles. The first kappa shape index (κ1) is 28.5. The fourth-order valence-electron chi connectivity index (χ4n) is 7.47. The van der Waals surface area contributed by atoms with Gasteiger partial charge in [-0.25, -0.2) is 0 Å². The number of amides is 2. The summed E-state index contributed by atoms with van der Waals surface area (Å²) in [5, 5.41) is 5.98. The van der Waals surface area contributed by atoms with Gasteiger partial charge in [-0.05, 0) is 62.7 Å². The number of hydrogen-bond acceptors (Lipinski definition) is 5. The second-order valence-corrected chi connectivity index (χ2v) is 20.2. The highest BCUT2D eigenvalue weighted by molar-refractivity contribution is 9.10. The maximum Gasteiger partial charge on any atom is 0.259 e. The third-order valence-corrected chi connectivity index (χ3v) is 15.3. The molecule has 228 valence electrons. The normalized spacial score (nSPS) is 25.1. The van der Waals surface area contributed by atoms with Gasteiger partial charge in [-0.15, -0.1) is 0 Å². The number of H-pyrrole nitrogens is 1. The van der Waals surface area contributed by atoms with Gasteiger partial charge in [-0.3, -0.25) is 14.9 Å². The lowest BCUT2D eigenvalue weighted by atomic mass is 9.96. The van der Waals surface area contributed by atoms with E-state index in [0.29, 0.717) is 17.5 Å². The first-order chi connectivity index (χ1) is 20.7. The van der Waals surface area contributed by atoms with Gasteiger partial charge in [0.15, 0.2) is 14.1 Å². The van der Waals surface area contributed by atoms with Crippen LogP contribution in [0.2, 0.25) is 18.1 Å². The van der Waals surface area contributed by atoms with Gasteiger partial charge in [-0.2, -0.15) is 0 Å². The van der Waals surface area contributed by atoms with Crippen molar-refractivity contribution >= 4 is 79.7 Å². The van der Waals surface area contributed by atoms with Crippen LogP contribution >= 0.6 is 15.9 Å². The van der Waals surface area contributed by atoms with Crippen molar-refractivity contribution in [3.8, 4) is 0 Å². The Hall–Kier alpha value is -3.02. The number of nitrogens with one attached hydrogen (secondary N) is 2. The van der Waals surface area contributed by atoms with Crippen LogP contribution in [0.5, 0.6) is 0 Å².